The van der Waals surface area contributed by atoms with Gasteiger partial charge in [0.1, 0.15) is 11.1 Å². The fourth-order valence-corrected chi connectivity index (χ4v) is 5.73. The molecule has 214 valence electrons. The van der Waals surface area contributed by atoms with E-state index in [2.05, 4.69) is 36.4 Å². The molecule has 0 spiro atoms. The first-order valence-electron chi connectivity index (χ1n) is 14.3. The van der Waals surface area contributed by atoms with Crippen molar-refractivity contribution in [2.75, 3.05) is 0 Å². The second kappa shape index (κ2) is 10.9. The second-order valence-corrected chi connectivity index (χ2v) is 11.6. The number of fused-ring (bicyclic) bond motifs is 1. The molecule has 0 saturated carbocycles. The van der Waals surface area contributed by atoms with Crippen molar-refractivity contribution in [3.8, 4) is 11.1 Å². The van der Waals surface area contributed by atoms with E-state index < -0.39 is 11.1 Å². The average Bonchev–Trinajstić information content (AvgIpc) is 3.27. The van der Waals surface area contributed by atoms with Gasteiger partial charge in [-0.15, -0.1) is 0 Å². The number of aromatic nitrogens is 3. The number of carbonyl (C=O) groups is 1. The zero-order valence-corrected chi connectivity index (χ0v) is 24.7. The maximum Gasteiger partial charge on any atom is 0.338 e. The standard InChI is InChI=1S/C37H33N3O3/c1-36(2,3)43-34(41)27-22-20-26(21-23-27)28-24-32-33(38-25-28)40(35(42)39(32)4)37(29-14-8-5-9-15-29,30-16-10-6-11-17-30)31-18-12-7-13-19-31/h5-25H,1-4H3. The maximum absolute atomic E-state index is 14.4. The van der Waals surface area contributed by atoms with E-state index in [0.29, 0.717) is 16.7 Å². The van der Waals surface area contributed by atoms with E-state index in [1.165, 1.54) is 0 Å². The molecule has 0 bridgehead atoms. The van der Waals surface area contributed by atoms with Crippen LogP contribution in [0.1, 0.15) is 47.8 Å². The fraction of sp³-hybridized carbons (Fsp3) is 0.162. The van der Waals surface area contributed by atoms with Gasteiger partial charge in [-0.05, 0) is 61.2 Å². The predicted molar refractivity (Wildman–Crippen MR) is 170 cm³/mol. The molecule has 6 rings (SSSR count). The summed E-state index contributed by atoms with van der Waals surface area (Å²) in [6.45, 7) is 5.54. The fourth-order valence-electron chi connectivity index (χ4n) is 5.73. The molecule has 6 nitrogen and oxygen atoms in total. The van der Waals surface area contributed by atoms with Crippen LogP contribution in [0.2, 0.25) is 0 Å². The van der Waals surface area contributed by atoms with E-state index >= 15 is 0 Å². The molecule has 6 aromatic rings. The molecule has 2 aromatic heterocycles. The SMILES string of the molecule is Cn1c(=O)n(C(c2ccccc2)(c2ccccc2)c2ccccc2)c2ncc(-c3ccc(C(=O)OC(C)(C)C)cc3)cc21. The Bertz CT molecular complexity index is 1860. The zero-order chi connectivity index (χ0) is 30.2. The highest BCUT2D eigenvalue weighted by atomic mass is 16.6. The van der Waals surface area contributed by atoms with Crippen molar-refractivity contribution in [3.63, 3.8) is 0 Å². The number of aryl methyl sites for hydroxylation is 1. The number of hydrogen-bond donors (Lipinski definition) is 0. The summed E-state index contributed by atoms with van der Waals surface area (Å²) < 4.78 is 8.98. The van der Waals surface area contributed by atoms with Gasteiger partial charge in [0.05, 0.1) is 11.1 Å². The van der Waals surface area contributed by atoms with Gasteiger partial charge >= 0.3 is 11.7 Å². The minimum atomic E-state index is -0.982. The van der Waals surface area contributed by atoms with Crippen molar-refractivity contribution < 1.29 is 9.53 Å². The highest BCUT2D eigenvalue weighted by molar-refractivity contribution is 5.90. The number of carbonyl (C=O) groups excluding carboxylic acids is 1. The van der Waals surface area contributed by atoms with Crippen LogP contribution >= 0.6 is 0 Å². The van der Waals surface area contributed by atoms with Crippen LogP contribution in [-0.2, 0) is 17.3 Å². The number of benzene rings is 4. The highest BCUT2D eigenvalue weighted by Gasteiger charge is 2.41. The molecule has 2 heterocycles. The number of hydrogen-bond acceptors (Lipinski definition) is 4. The quantitative estimate of drug-likeness (QED) is 0.158. The molecule has 0 fully saturated rings. The van der Waals surface area contributed by atoms with Crippen LogP contribution in [0.3, 0.4) is 0 Å². The first-order chi connectivity index (χ1) is 20.7. The van der Waals surface area contributed by atoms with Crippen molar-refractivity contribution in [3.05, 3.63) is 160 Å². The molecule has 0 amide bonds. The Morgan fingerprint density at radius 3 is 1.65 bits per heavy atom. The lowest BCUT2D eigenvalue weighted by Gasteiger charge is -2.36. The van der Waals surface area contributed by atoms with Crippen molar-refractivity contribution >= 4 is 17.1 Å². The average molecular weight is 568 g/mol. The van der Waals surface area contributed by atoms with Gasteiger partial charge in [0.25, 0.3) is 0 Å². The summed E-state index contributed by atoms with van der Waals surface area (Å²) in [6, 6.07) is 39.5. The van der Waals surface area contributed by atoms with Crippen molar-refractivity contribution in [2.24, 2.45) is 7.05 Å². The normalized spacial score (nSPS) is 11.9. The lowest BCUT2D eigenvalue weighted by Crippen LogP contribution is -2.44. The van der Waals surface area contributed by atoms with Gasteiger partial charge < -0.3 is 4.74 Å². The molecular weight excluding hydrogens is 534 g/mol. The van der Waals surface area contributed by atoms with Crippen molar-refractivity contribution in [2.45, 2.75) is 31.9 Å². The molecule has 0 unspecified atom stereocenters. The van der Waals surface area contributed by atoms with Gasteiger partial charge in [-0.3, -0.25) is 9.13 Å². The summed E-state index contributed by atoms with van der Waals surface area (Å²) in [5.41, 5.74) is 4.57. The van der Waals surface area contributed by atoms with Crippen molar-refractivity contribution in [1.82, 2.24) is 14.1 Å². The van der Waals surface area contributed by atoms with Crippen LogP contribution in [0, 0.1) is 0 Å². The van der Waals surface area contributed by atoms with E-state index in [0.717, 1.165) is 27.8 Å². The first kappa shape index (κ1) is 27.9. The molecule has 0 atom stereocenters. The van der Waals surface area contributed by atoms with Crippen LogP contribution in [0.25, 0.3) is 22.3 Å². The van der Waals surface area contributed by atoms with Gasteiger partial charge in [-0.1, -0.05) is 103 Å². The third-order valence-corrected chi connectivity index (χ3v) is 7.66. The molecule has 0 N–H and O–H groups in total. The van der Waals surface area contributed by atoms with E-state index in [9.17, 15) is 9.59 Å². The Morgan fingerprint density at radius 2 is 1.19 bits per heavy atom. The molecule has 0 radical (unpaired) electrons. The topological polar surface area (TPSA) is 66.1 Å². The number of imidazole rings is 1. The minimum Gasteiger partial charge on any atom is -0.456 e. The Balaban J connectivity index is 1.56. The van der Waals surface area contributed by atoms with Crippen LogP contribution in [-0.4, -0.2) is 25.7 Å². The second-order valence-electron chi connectivity index (χ2n) is 11.6. The van der Waals surface area contributed by atoms with Gasteiger partial charge in [0.15, 0.2) is 5.65 Å². The lowest BCUT2D eigenvalue weighted by molar-refractivity contribution is 0.00695. The zero-order valence-electron chi connectivity index (χ0n) is 24.7. The van der Waals surface area contributed by atoms with Gasteiger partial charge in [-0.25, -0.2) is 14.6 Å². The largest absolute Gasteiger partial charge is 0.456 e. The lowest BCUT2D eigenvalue weighted by atomic mass is 9.76. The number of esters is 1. The Kier molecular flexibility index (Phi) is 7.06. The van der Waals surface area contributed by atoms with Crippen LogP contribution in [0.4, 0.5) is 0 Å². The van der Waals surface area contributed by atoms with E-state index in [1.807, 2.05) is 98.1 Å². The summed E-state index contributed by atoms with van der Waals surface area (Å²) in [5.74, 6) is -0.369. The summed E-state index contributed by atoms with van der Waals surface area (Å²) in [7, 11) is 1.78. The monoisotopic (exact) mass is 567 g/mol. The summed E-state index contributed by atoms with van der Waals surface area (Å²) in [6.07, 6.45) is 1.78. The summed E-state index contributed by atoms with van der Waals surface area (Å²) >= 11 is 0. The van der Waals surface area contributed by atoms with Crippen LogP contribution in [0.5, 0.6) is 0 Å². The number of nitrogens with zero attached hydrogens (tertiary/aromatic N) is 3. The van der Waals surface area contributed by atoms with Gasteiger partial charge in [0, 0.05) is 18.8 Å². The van der Waals surface area contributed by atoms with Crippen LogP contribution in [0.15, 0.2) is 132 Å². The van der Waals surface area contributed by atoms with Gasteiger partial charge in [0.2, 0.25) is 0 Å². The molecule has 0 aliphatic carbocycles. The predicted octanol–water partition coefficient (Wildman–Crippen LogP) is 7.20. The third-order valence-electron chi connectivity index (χ3n) is 7.66. The molecule has 4 aromatic carbocycles. The van der Waals surface area contributed by atoms with Crippen molar-refractivity contribution in [1.29, 1.82) is 0 Å². The molecular formula is C37H33N3O3. The Labute approximate surface area is 250 Å². The molecule has 6 heteroatoms. The smallest absolute Gasteiger partial charge is 0.338 e. The number of rotatable bonds is 6. The highest BCUT2D eigenvalue weighted by Crippen LogP contribution is 2.41. The molecule has 0 aliphatic rings. The van der Waals surface area contributed by atoms with E-state index in [4.69, 9.17) is 9.72 Å². The van der Waals surface area contributed by atoms with E-state index in [-0.39, 0.29) is 11.7 Å². The Hall–Kier alpha value is -5.23. The summed E-state index contributed by atoms with van der Waals surface area (Å²) in [5, 5.41) is 0. The van der Waals surface area contributed by atoms with Gasteiger partial charge in [-0.2, -0.15) is 0 Å². The first-order valence-corrected chi connectivity index (χ1v) is 14.3. The number of pyridine rings is 1. The molecule has 0 saturated heterocycles. The minimum absolute atomic E-state index is 0.184. The third kappa shape index (κ3) is 4.95. The molecule has 43 heavy (non-hydrogen) atoms. The van der Waals surface area contributed by atoms with E-state index in [1.54, 1.807) is 29.9 Å². The number of ether oxygens (including phenoxy) is 1. The maximum atomic E-state index is 14.4. The summed E-state index contributed by atoms with van der Waals surface area (Å²) in [4.78, 5) is 31.8. The Morgan fingerprint density at radius 1 is 0.698 bits per heavy atom. The molecule has 0 aliphatic heterocycles. The van der Waals surface area contributed by atoms with Crippen LogP contribution < -0.4 is 5.69 Å².